The van der Waals surface area contributed by atoms with Gasteiger partial charge >= 0.3 is 0 Å². The van der Waals surface area contributed by atoms with E-state index < -0.39 is 13.7 Å². The molecule has 0 atom stereocenters. The first-order chi connectivity index (χ1) is 31.3. The number of hydrogen-bond donors (Lipinski definition) is 0. The fraction of sp³-hybridized carbons (Fsp3) is 0.236. The second-order valence-electron chi connectivity index (χ2n) is 17.3. The molecule has 61 heavy (non-hydrogen) atoms. The largest absolute Gasteiger partial charge is 0.511 e. The molecule has 0 N–H and O–H groups in total. The maximum atomic E-state index is 8.44. The van der Waals surface area contributed by atoms with Crippen molar-refractivity contribution in [2.24, 2.45) is 0 Å². The Morgan fingerprint density at radius 3 is 2.11 bits per heavy atom. The standard InChI is InChI=1S/C55H53N4O.Pt/c1-35(2)44-19-15-20-45(36(3)4)53(44)39-30-41(57-28-29-58(50-23-13-12-22-49(50)57)54-37(5)16-14-17-38(54)6)33-43(31-39)60-42-24-25-47-46-18-10-11-21-48(46)59(51(47)34-42)52-32-40(26-27-56-52)55(7,8)9;/h10-28,30-32,35-36H,29H2,1-9H3;/q-3;/i5D3,6D3;. The van der Waals surface area contributed by atoms with E-state index in [4.69, 9.17) is 17.9 Å². The van der Waals surface area contributed by atoms with Crippen LogP contribution in [-0.4, -0.2) is 16.1 Å². The first kappa shape index (κ1) is 35.0. The summed E-state index contributed by atoms with van der Waals surface area (Å²) >= 11 is 0. The van der Waals surface area contributed by atoms with Crippen molar-refractivity contribution >= 4 is 44.6 Å². The van der Waals surface area contributed by atoms with Gasteiger partial charge in [-0.05, 0) is 100 Å². The fourth-order valence-corrected chi connectivity index (χ4v) is 8.57. The zero-order valence-electron chi connectivity index (χ0n) is 41.6. The van der Waals surface area contributed by atoms with Crippen LogP contribution in [0.15, 0.2) is 128 Å². The van der Waals surface area contributed by atoms with E-state index in [1.54, 1.807) is 4.90 Å². The molecular weight excluding hydrogens is 928 g/mol. The maximum absolute atomic E-state index is 8.44. The van der Waals surface area contributed by atoms with Crippen LogP contribution in [0.2, 0.25) is 0 Å². The van der Waals surface area contributed by atoms with Gasteiger partial charge in [-0.3, -0.25) is 0 Å². The van der Waals surface area contributed by atoms with Gasteiger partial charge in [0.25, 0.3) is 0 Å². The normalized spacial score (nSPS) is 14.8. The Hall–Kier alpha value is -5.64. The molecule has 6 aromatic carbocycles. The van der Waals surface area contributed by atoms with Crippen LogP contribution < -0.4 is 14.5 Å². The SMILES string of the molecule is [2H]C([2H])([2H])c1cccc(C([2H])([2H])[2H])c1N1C[CH-]N(c2[c-]c(Oc3[c-]c4c(cc3)c3ccccc3n4-c3cc(C(C)(C)C)ccn3)cc(-c3c(C(C)C)cccc3C(C)C)c2)c2ccccc21.[Pt]. The predicted octanol–water partition coefficient (Wildman–Crippen LogP) is 14.8. The molecule has 312 valence electrons. The second-order valence-corrected chi connectivity index (χ2v) is 17.3. The number of para-hydroxylation sites is 4. The molecule has 0 radical (unpaired) electrons. The Bertz CT molecular complexity index is 3070. The van der Waals surface area contributed by atoms with E-state index in [0.717, 1.165) is 44.4 Å². The molecule has 0 aliphatic carbocycles. The van der Waals surface area contributed by atoms with Gasteiger partial charge in [-0.1, -0.05) is 127 Å². The number of hydrogen-bond acceptors (Lipinski definition) is 4. The van der Waals surface area contributed by atoms with E-state index in [0.29, 0.717) is 22.9 Å². The molecule has 1 aliphatic rings. The summed E-state index contributed by atoms with van der Waals surface area (Å²) in [5, 5.41) is 2.11. The van der Waals surface area contributed by atoms with Crippen LogP contribution in [-0.2, 0) is 26.5 Å². The van der Waals surface area contributed by atoms with E-state index >= 15 is 0 Å². The van der Waals surface area contributed by atoms with Gasteiger partial charge in [0.1, 0.15) is 5.82 Å². The summed E-state index contributed by atoms with van der Waals surface area (Å²) in [6.45, 7) is 12.4. The van der Waals surface area contributed by atoms with Gasteiger partial charge in [0.15, 0.2) is 0 Å². The number of aryl methyl sites for hydroxylation is 2. The fourth-order valence-electron chi connectivity index (χ4n) is 8.57. The van der Waals surface area contributed by atoms with Crippen molar-refractivity contribution in [3.05, 3.63) is 174 Å². The van der Waals surface area contributed by atoms with Gasteiger partial charge in [-0.15, -0.1) is 47.0 Å². The number of fused-ring (bicyclic) bond motifs is 4. The molecule has 5 nitrogen and oxygen atoms in total. The Balaban J connectivity index is 0.00000608. The summed E-state index contributed by atoms with van der Waals surface area (Å²) < 4.78 is 59.7. The maximum Gasteiger partial charge on any atom is 0.135 e. The monoisotopic (exact) mass is 986 g/mol. The first-order valence-corrected chi connectivity index (χ1v) is 20.7. The Labute approximate surface area is 384 Å². The van der Waals surface area contributed by atoms with Crippen LogP contribution in [0.25, 0.3) is 38.8 Å². The van der Waals surface area contributed by atoms with E-state index in [2.05, 4.69) is 126 Å². The third kappa shape index (κ3) is 7.78. The molecule has 6 heteroatoms. The minimum absolute atomic E-state index is 0. The molecular formula is C55H53N4OPt-3. The quantitative estimate of drug-likeness (QED) is 0.142. The van der Waals surface area contributed by atoms with Crippen LogP contribution in [0.1, 0.15) is 96.3 Å². The van der Waals surface area contributed by atoms with Gasteiger partial charge in [0, 0.05) is 63.9 Å². The molecule has 0 saturated heterocycles. The van der Waals surface area contributed by atoms with Crippen LogP contribution in [0.4, 0.5) is 22.7 Å². The van der Waals surface area contributed by atoms with Gasteiger partial charge < -0.3 is 19.1 Å². The molecule has 9 rings (SSSR count). The van der Waals surface area contributed by atoms with Gasteiger partial charge in [0.05, 0.1) is 5.69 Å². The Morgan fingerprint density at radius 1 is 0.721 bits per heavy atom. The van der Waals surface area contributed by atoms with E-state index in [1.165, 1.54) is 34.9 Å². The number of benzene rings is 6. The topological polar surface area (TPSA) is 33.5 Å². The second kappa shape index (κ2) is 16.7. The van der Waals surface area contributed by atoms with Crippen molar-refractivity contribution in [3.8, 4) is 28.4 Å². The van der Waals surface area contributed by atoms with E-state index in [9.17, 15) is 0 Å². The summed E-state index contributed by atoms with van der Waals surface area (Å²) in [6.07, 6.45) is 1.87. The Morgan fingerprint density at radius 2 is 1.41 bits per heavy atom. The number of rotatable bonds is 8. The summed E-state index contributed by atoms with van der Waals surface area (Å²) in [4.78, 5) is 8.71. The van der Waals surface area contributed by atoms with Crippen molar-refractivity contribution in [1.82, 2.24) is 9.55 Å². The van der Waals surface area contributed by atoms with Crippen LogP contribution in [0.5, 0.6) is 11.5 Å². The average molecular weight is 987 g/mol. The predicted molar refractivity (Wildman–Crippen MR) is 251 cm³/mol. The molecule has 3 heterocycles. The summed E-state index contributed by atoms with van der Waals surface area (Å²) in [5.74, 6) is 2.23. The van der Waals surface area contributed by atoms with Crippen LogP contribution in [0.3, 0.4) is 0 Å². The summed E-state index contributed by atoms with van der Waals surface area (Å²) in [7, 11) is 0. The molecule has 0 spiro atoms. The molecule has 0 unspecified atom stereocenters. The van der Waals surface area contributed by atoms with Crippen molar-refractivity contribution in [3.63, 3.8) is 0 Å². The molecule has 0 fully saturated rings. The molecule has 0 bridgehead atoms. The van der Waals surface area contributed by atoms with Crippen LogP contribution >= 0.6 is 0 Å². The van der Waals surface area contributed by atoms with Gasteiger partial charge in [-0.25, -0.2) is 11.5 Å². The zero-order chi connectivity index (χ0) is 46.9. The van der Waals surface area contributed by atoms with Crippen LogP contribution in [0, 0.1) is 32.4 Å². The number of ether oxygens (including phenoxy) is 1. The number of anilines is 4. The van der Waals surface area contributed by atoms with Crippen molar-refractivity contribution in [1.29, 1.82) is 0 Å². The Kier molecular flexibility index (Phi) is 9.57. The third-order valence-electron chi connectivity index (χ3n) is 11.6. The van der Waals surface area contributed by atoms with Crippen molar-refractivity contribution in [2.45, 2.75) is 79.4 Å². The molecule has 0 saturated carbocycles. The zero-order valence-corrected chi connectivity index (χ0v) is 37.8. The molecule has 1 aliphatic heterocycles. The number of nitrogens with zero attached hydrogens (tertiary/aromatic N) is 4. The first-order valence-electron chi connectivity index (χ1n) is 23.7. The summed E-state index contributed by atoms with van der Waals surface area (Å²) in [6, 6.07) is 46.7. The van der Waals surface area contributed by atoms with Crippen molar-refractivity contribution < 1.29 is 34.0 Å². The van der Waals surface area contributed by atoms with Crippen molar-refractivity contribution in [2.75, 3.05) is 16.3 Å². The molecule has 8 aromatic rings. The number of aromatic nitrogens is 2. The van der Waals surface area contributed by atoms with E-state index in [-0.39, 0.29) is 61.7 Å². The molecule has 2 aromatic heterocycles. The van der Waals surface area contributed by atoms with Gasteiger partial charge in [0.2, 0.25) is 0 Å². The van der Waals surface area contributed by atoms with Gasteiger partial charge in [-0.2, -0.15) is 6.07 Å². The van der Waals surface area contributed by atoms with E-state index in [1.807, 2.05) is 60.1 Å². The minimum atomic E-state index is -2.56. The average Bonchev–Trinajstić information content (AvgIpc) is 3.60. The number of pyridine rings is 1. The molecule has 0 amide bonds. The minimum Gasteiger partial charge on any atom is -0.511 e. The smallest absolute Gasteiger partial charge is 0.135 e. The summed E-state index contributed by atoms with van der Waals surface area (Å²) in [5.41, 5.74) is 9.65. The third-order valence-corrected chi connectivity index (χ3v) is 11.6.